The van der Waals surface area contributed by atoms with Crippen molar-refractivity contribution in [2.75, 3.05) is 12.4 Å². The van der Waals surface area contributed by atoms with E-state index in [-0.39, 0.29) is 5.91 Å². The van der Waals surface area contributed by atoms with Gasteiger partial charge in [-0.3, -0.25) is 10.1 Å². The summed E-state index contributed by atoms with van der Waals surface area (Å²) in [6, 6.07) is 23.2. The van der Waals surface area contributed by atoms with Gasteiger partial charge in [-0.05, 0) is 54.3 Å². The number of aryl methyl sites for hydroxylation is 2. The van der Waals surface area contributed by atoms with E-state index in [1.54, 1.807) is 7.11 Å². The number of amides is 1. The highest BCUT2D eigenvalue weighted by Crippen LogP contribution is 2.21. The van der Waals surface area contributed by atoms with Crippen molar-refractivity contribution in [2.24, 2.45) is 0 Å². The lowest BCUT2D eigenvalue weighted by molar-refractivity contribution is -0.118. The van der Waals surface area contributed by atoms with Gasteiger partial charge in [0.2, 0.25) is 5.91 Å². The second-order valence-electron chi connectivity index (χ2n) is 6.88. The molecule has 3 rings (SSSR count). The summed E-state index contributed by atoms with van der Waals surface area (Å²) < 4.78 is 5.29. The lowest BCUT2D eigenvalue weighted by Gasteiger charge is -2.20. The van der Waals surface area contributed by atoms with Crippen LogP contribution in [0.2, 0.25) is 0 Å². The van der Waals surface area contributed by atoms with Crippen LogP contribution in [0.3, 0.4) is 0 Å². The molecule has 3 aromatic rings. The number of carbonyl (C=O) groups is 1. The Morgan fingerprint density at radius 2 is 1.75 bits per heavy atom. The van der Waals surface area contributed by atoms with E-state index in [0.717, 1.165) is 33.7 Å². The van der Waals surface area contributed by atoms with Crippen LogP contribution in [-0.4, -0.2) is 13.0 Å². The fraction of sp³-hybridized carbons (Fsp3) is 0.208. The molecule has 4 nitrogen and oxygen atoms in total. The molecule has 2 N–H and O–H groups in total. The highest BCUT2D eigenvalue weighted by Gasteiger charge is 2.20. The van der Waals surface area contributed by atoms with Crippen LogP contribution in [0.15, 0.2) is 72.8 Å². The summed E-state index contributed by atoms with van der Waals surface area (Å²) in [4.78, 5) is 13.1. The number of hydrogen-bond acceptors (Lipinski definition) is 3. The van der Waals surface area contributed by atoms with Gasteiger partial charge in [0.25, 0.3) is 0 Å². The topological polar surface area (TPSA) is 50.4 Å². The Balaban J connectivity index is 1.80. The molecular weight excluding hydrogens is 348 g/mol. The first-order valence-electron chi connectivity index (χ1n) is 9.36. The number of hydrogen-bond donors (Lipinski definition) is 2. The van der Waals surface area contributed by atoms with Crippen molar-refractivity contribution in [3.8, 4) is 5.75 Å². The van der Waals surface area contributed by atoms with E-state index in [9.17, 15) is 4.79 Å². The van der Waals surface area contributed by atoms with Gasteiger partial charge in [-0.25, -0.2) is 0 Å². The van der Waals surface area contributed by atoms with Crippen LogP contribution in [0, 0.1) is 13.8 Å². The Hall–Kier alpha value is -3.11. The van der Waals surface area contributed by atoms with Crippen LogP contribution in [-0.2, 0) is 11.3 Å². The zero-order chi connectivity index (χ0) is 19.9. The summed E-state index contributed by atoms with van der Waals surface area (Å²) in [6.07, 6.45) is 0. The van der Waals surface area contributed by atoms with Crippen molar-refractivity contribution in [2.45, 2.75) is 26.4 Å². The summed E-state index contributed by atoms with van der Waals surface area (Å²) >= 11 is 0. The van der Waals surface area contributed by atoms with Gasteiger partial charge in [0.1, 0.15) is 11.8 Å². The molecule has 0 aliphatic carbocycles. The van der Waals surface area contributed by atoms with Crippen LogP contribution in [0.25, 0.3) is 0 Å². The molecule has 0 radical (unpaired) electrons. The maximum absolute atomic E-state index is 13.1. The monoisotopic (exact) mass is 374 g/mol. The third-order valence-corrected chi connectivity index (χ3v) is 4.69. The SMILES string of the molecule is COc1cccc(CN[C@@H](C(=O)Nc2cc(C)ccc2C)c2ccccc2)c1. The molecule has 1 atom stereocenters. The standard InChI is InChI=1S/C24H26N2O2/c1-17-12-13-18(2)22(14-17)26-24(27)23(20-9-5-4-6-10-20)25-16-19-8-7-11-21(15-19)28-3/h4-15,23,25H,16H2,1-3H3,(H,26,27)/t23-/m1/s1. The molecule has 0 aliphatic rings. The summed E-state index contributed by atoms with van der Waals surface area (Å²) in [7, 11) is 1.65. The van der Waals surface area contributed by atoms with Crippen LogP contribution < -0.4 is 15.4 Å². The quantitative estimate of drug-likeness (QED) is 0.626. The fourth-order valence-electron chi connectivity index (χ4n) is 3.09. The summed E-state index contributed by atoms with van der Waals surface area (Å²) in [6.45, 7) is 4.57. The van der Waals surface area contributed by atoms with E-state index in [1.165, 1.54) is 0 Å². The van der Waals surface area contributed by atoms with E-state index in [4.69, 9.17) is 4.74 Å². The number of methoxy groups -OCH3 is 1. The lowest BCUT2D eigenvalue weighted by atomic mass is 10.0. The smallest absolute Gasteiger partial charge is 0.246 e. The number of anilines is 1. The van der Waals surface area contributed by atoms with Gasteiger partial charge in [-0.2, -0.15) is 0 Å². The Morgan fingerprint density at radius 3 is 2.50 bits per heavy atom. The lowest BCUT2D eigenvalue weighted by Crippen LogP contribution is -2.33. The first-order chi connectivity index (χ1) is 13.6. The normalized spacial score (nSPS) is 11.7. The minimum absolute atomic E-state index is 0.0807. The first-order valence-corrected chi connectivity index (χ1v) is 9.36. The third kappa shape index (κ3) is 4.99. The van der Waals surface area contributed by atoms with Gasteiger partial charge in [-0.1, -0.05) is 54.6 Å². The maximum Gasteiger partial charge on any atom is 0.246 e. The predicted octanol–water partition coefficient (Wildman–Crippen LogP) is 4.78. The molecule has 0 saturated carbocycles. The minimum Gasteiger partial charge on any atom is -0.497 e. The molecule has 0 spiro atoms. The highest BCUT2D eigenvalue weighted by molar-refractivity contribution is 5.96. The largest absolute Gasteiger partial charge is 0.497 e. The van der Waals surface area contributed by atoms with Crippen molar-refractivity contribution < 1.29 is 9.53 Å². The van der Waals surface area contributed by atoms with Crippen LogP contribution in [0.4, 0.5) is 5.69 Å². The number of nitrogens with one attached hydrogen (secondary N) is 2. The zero-order valence-corrected chi connectivity index (χ0v) is 16.5. The van der Waals surface area contributed by atoms with Crippen molar-refractivity contribution >= 4 is 11.6 Å². The molecule has 1 amide bonds. The number of benzene rings is 3. The van der Waals surface area contributed by atoms with E-state index < -0.39 is 6.04 Å². The Bertz CT molecular complexity index is 938. The molecule has 0 aliphatic heterocycles. The van der Waals surface area contributed by atoms with Gasteiger partial charge in [-0.15, -0.1) is 0 Å². The molecule has 144 valence electrons. The second-order valence-corrected chi connectivity index (χ2v) is 6.88. The number of ether oxygens (including phenoxy) is 1. The van der Waals surface area contributed by atoms with Crippen LogP contribution in [0.5, 0.6) is 5.75 Å². The van der Waals surface area contributed by atoms with Gasteiger partial charge in [0.05, 0.1) is 7.11 Å². The summed E-state index contributed by atoms with van der Waals surface area (Å²) in [5.74, 6) is 0.721. The summed E-state index contributed by atoms with van der Waals surface area (Å²) in [5.41, 5.74) is 4.97. The molecule has 0 unspecified atom stereocenters. The van der Waals surface area contributed by atoms with E-state index in [1.807, 2.05) is 86.6 Å². The van der Waals surface area contributed by atoms with Crippen molar-refractivity contribution in [3.63, 3.8) is 0 Å². The van der Waals surface area contributed by atoms with Gasteiger partial charge in [0, 0.05) is 12.2 Å². The molecule has 0 aromatic heterocycles. The van der Waals surface area contributed by atoms with Crippen molar-refractivity contribution in [3.05, 3.63) is 95.1 Å². The van der Waals surface area contributed by atoms with Gasteiger partial charge < -0.3 is 10.1 Å². The molecule has 0 saturated heterocycles. The average Bonchev–Trinajstić information content (AvgIpc) is 2.72. The fourth-order valence-corrected chi connectivity index (χ4v) is 3.09. The van der Waals surface area contributed by atoms with Crippen LogP contribution >= 0.6 is 0 Å². The minimum atomic E-state index is -0.465. The van der Waals surface area contributed by atoms with Gasteiger partial charge >= 0.3 is 0 Å². The van der Waals surface area contributed by atoms with E-state index in [0.29, 0.717) is 6.54 Å². The third-order valence-electron chi connectivity index (χ3n) is 4.69. The van der Waals surface area contributed by atoms with Gasteiger partial charge in [0.15, 0.2) is 0 Å². The highest BCUT2D eigenvalue weighted by atomic mass is 16.5. The zero-order valence-electron chi connectivity index (χ0n) is 16.5. The van der Waals surface area contributed by atoms with Crippen molar-refractivity contribution in [1.29, 1.82) is 0 Å². The molecule has 3 aromatic carbocycles. The van der Waals surface area contributed by atoms with Crippen LogP contribution in [0.1, 0.15) is 28.3 Å². The average molecular weight is 374 g/mol. The maximum atomic E-state index is 13.1. The van der Waals surface area contributed by atoms with Crippen molar-refractivity contribution in [1.82, 2.24) is 5.32 Å². The molecule has 0 fully saturated rings. The van der Waals surface area contributed by atoms with E-state index >= 15 is 0 Å². The number of rotatable bonds is 7. The molecule has 28 heavy (non-hydrogen) atoms. The first kappa shape index (κ1) is 19.6. The summed E-state index contributed by atoms with van der Waals surface area (Å²) in [5, 5.41) is 6.47. The molecular formula is C24H26N2O2. The Kier molecular flexibility index (Phi) is 6.45. The van der Waals surface area contributed by atoms with E-state index in [2.05, 4.69) is 10.6 Å². The second kappa shape index (κ2) is 9.20. The molecule has 4 heteroatoms. The number of carbonyl (C=O) groups excluding carboxylic acids is 1. The Morgan fingerprint density at radius 1 is 0.964 bits per heavy atom. The predicted molar refractivity (Wildman–Crippen MR) is 114 cm³/mol. The molecule has 0 heterocycles. The Labute approximate surface area is 166 Å². The molecule has 0 bridgehead atoms.